The molecule has 1 fully saturated rings. The number of carbonyl (C=O) groups is 2. The van der Waals surface area contributed by atoms with Crippen LogP contribution in [0.5, 0.6) is 0 Å². The number of nitrogens with one attached hydrogen (secondary N) is 2. The van der Waals surface area contributed by atoms with E-state index in [1.165, 1.54) is 0 Å². The fraction of sp³-hybridized carbons (Fsp3) is 0.818. The Bertz CT molecular complexity index is 250. The minimum atomic E-state index is -0.957. The molecule has 5 heteroatoms. The second kappa shape index (κ2) is 6.48. The van der Waals surface area contributed by atoms with Crippen molar-refractivity contribution in [3.8, 4) is 0 Å². The molecular formula is C11H20N2O3. The van der Waals surface area contributed by atoms with Gasteiger partial charge in [-0.3, -0.25) is 4.79 Å². The Morgan fingerprint density at radius 2 is 2.06 bits per heavy atom. The van der Waals surface area contributed by atoms with Crippen LogP contribution in [0.4, 0.5) is 0 Å². The van der Waals surface area contributed by atoms with E-state index in [-0.39, 0.29) is 5.91 Å². The predicted molar refractivity (Wildman–Crippen MR) is 60.1 cm³/mol. The number of hydrogen-bond donors (Lipinski definition) is 3. The molecule has 0 aromatic rings. The molecule has 0 aromatic heterocycles. The van der Waals surface area contributed by atoms with Crippen LogP contribution in [0.25, 0.3) is 0 Å². The first kappa shape index (κ1) is 13.0. The van der Waals surface area contributed by atoms with Crippen LogP contribution in [0, 0.1) is 5.92 Å². The summed E-state index contributed by atoms with van der Waals surface area (Å²) in [5.74, 6) is -0.699. The largest absolute Gasteiger partial charge is 0.480 e. The quantitative estimate of drug-likeness (QED) is 0.634. The van der Waals surface area contributed by atoms with E-state index in [1.807, 2.05) is 0 Å². The number of amides is 1. The van der Waals surface area contributed by atoms with Gasteiger partial charge in [-0.2, -0.15) is 0 Å². The summed E-state index contributed by atoms with van der Waals surface area (Å²) in [5.41, 5.74) is 0. The van der Waals surface area contributed by atoms with Crippen molar-refractivity contribution in [3.05, 3.63) is 0 Å². The Labute approximate surface area is 95.6 Å². The van der Waals surface area contributed by atoms with Crippen molar-refractivity contribution >= 4 is 11.9 Å². The number of piperidine rings is 1. The van der Waals surface area contributed by atoms with Crippen molar-refractivity contribution in [2.24, 2.45) is 5.92 Å². The average molecular weight is 228 g/mol. The van der Waals surface area contributed by atoms with Gasteiger partial charge in [-0.1, -0.05) is 6.92 Å². The third-order valence-electron chi connectivity index (χ3n) is 2.97. The molecule has 1 amide bonds. The lowest BCUT2D eigenvalue weighted by molar-refractivity contribution is -0.142. The molecule has 92 valence electrons. The molecule has 3 N–H and O–H groups in total. The summed E-state index contributed by atoms with van der Waals surface area (Å²) >= 11 is 0. The van der Waals surface area contributed by atoms with E-state index in [0.29, 0.717) is 18.8 Å². The van der Waals surface area contributed by atoms with E-state index >= 15 is 0 Å². The number of carboxylic acids is 1. The van der Waals surface area contributed by atoms with Gasteiger partial charge in [-0.05, 0) is 38.3 Å². The monoisotopic (exact) mass is 228 g/mol. The van der Waals surface area contributed by atoms with E-state index in [1.54, 1.807) is 6.92 Å². The lowest BCUT2D eigenvalue weighted by Gasteiger charge is -2.22. The van der Waals surface area contributed by atoms with Gasteiger partial charge in [0.15, 0.2) is 0 Å². The number of carboxylic acid groups (broad SMARTS) is 1. The Morgan fingerprint density at radius 3 is 2.56 bits per heavy atom. The van der Waals surface area contributed by atoms with Crippen LogP contribution in [0.15, 0.2) is 0 Å². The van der Waals surface area contributed by atoms with Gasteiger partial charge < -0.3 is 15.7 Å². The third kappa shape index (κ3) is 4.18. The van der Waals surface area contributed by atoms with Crippen molar-refractivity contribution in [1.82, 2.24) is 10.6 Å². The fourth-order valence-corrected chi connectivity index (χ4v) is 1.94. The first-order chi connectivity index (χ1) is 7.63. The van der Waals surface area contributed by atoms with Gasteiger partial charge >= 0.3 is 5.97 Å². The summed E-state index contributed by atoms with van der Waals surface area (Å²) in [6.07, 6.45) is 2.87. The van der Waals surface area contributed by atoms with Crippen molar-refractivity contribution in [2.45, 2.75) is 38.6 Å². The molecule has 1 aliphatic heterocycles. The lowest BCUT2D eigenvalue weighted by atomic mass is 9.94. The van der Waals surface area contributed by atoms with E-state index in [4.69, 9.17) is 5.11 Å². The Hall–Kier alpha value is -1.10. The predicted octanol–water partition coefficient (Wildman–Crippen LogP) is 0.355. The van der Waals surface area contributed by atoms with Crippen molar-refractivity contribution in [2.75, 3.05) is 13.1 Å². The molecule has 0 aromatic carbocycles. The van der Waals surface area contributed by atoms with E-state index in [9.17, 15) is 9.59 Å². The summed E-state index contributed by atoms with van der Waals surface area (Å²) < 4.78 is 0. The van der Waals surface area contributed by atoms with E-state index in [0.717, 1.165) is 25.9 Å². The van der Waals surface area contributed by atoms with Crippen molar-refractivity contribution in [1.29, 1.82) is 0 Å². The van der Waals surface area contributed by atoms with E-state index in [2.05, 4.69) is 10.6 Å². The average Bonchev–Trinajstić information content (AvgIpc) is 2.27. The maximum absolute atomic E-state index is 11.6. The van der Waals surface area contributed by atoms with Crippen LogP contribution in [0.2, 0.25) is 0 Å². The summed E-state index contributed by atoms with van der Waals surface area (Å²) in [6.45, 7) is 3.66. The molecule has 0 saturated carbocycles. The first-order valence-corrected chi connectivity index (χ1v) is 5.86. The molecule has 1 aliphatic rings. The standard InChI is InChI=1S/C11H20N2O3/c1-2-9(11(15)16)13-10(14)7-8-3-5-12-6-4-8/h8-9,12H,2-7H2,1H3,(H,13,14)(H,15,16)/t9-/m1/s1. The summed E-state index contributed by atoms with van der Waals surface area (Å²) in [7, 11) is 0. The normalized spacial score (nSPS) is 19.1. The van der Waals surface area contributed by atoms with Crippen LogP contribution in [-0.2, 0) is 9.59 Å². The number of aliphatic carboxylic acids is 1. The molecule has 1 atom stereocenters. The number of hydrogen-bond acceptors (Lipinski definition) is 3. The van der Waals surface area contributed by atoms with Crippen LogP contribution in [0.3, 0.4) is 0 Å². The fourth-order valence-electron chi connectivity index (χ4n) is 1.94. The maximum atomic E-state index is 11.6. The highest BCUT2D eigenvalue weighted by Crippen LogP contribution is 2.15. The number of rotatable bonds is 5. The molecular weight excluding hydrogens is 208 g/mol. The van der Waals surface area contributed by atoms with Crippen LogP contribution in [-0.4, -0.2) is 36.1 Å². The molecule has 16 heavy (non-hydrogen) atoms. The van der Waals surface area contributed by atoms with Gasteiger partial charge in [0, 0.05) is 6.42 Å². The molecule has 1 heterocycles. The zero-order valence-corrected chi connectivity index (χ0v) is 9.66. The Kier molecular flexibility index (Phi) is 5.25. The van der Waals surface area contributed by atoms with Crippen molar-refractivity contribution < 1.29 is 14.7 Å². The topological polar surface area (TPSA) is 78.4 Å². The van der Waals surface area contributed by atoms with Gasteiger partial charge in [0.05, 0.1) is 0 Å². The zero-order chi connectivity index (χ0) is 12.0. The second-order valence-corrected chi connectivity index (χ2v) is 4.26. The molecule has 1 rings (SSSR count). The molecule has 0 aliphatic carbocycles. The molecule has 0 bridgehead atoms. The Morgan fingerprint density at radius 1 is 1.44 bits per heavy atom. The smallest absolute Gasteiger partial charge is 0.326 e. The molecule has 0 unspecified atom stereocenters. The SMILES string of the molecule is CC[C@@H](NC(=O)CC1CCNCC1)C(=O)O. The van der Waals surface area contributed by atoms with Gasteiger partial charge in [0.2, 0.25) is 5.91 Å². The van der Waals surface area contributed by atoms with Crippen LogP contribution < -0.4 is 10.6 Å². The molecule has 5 nitrogen and oxygen atoms in total. The van der Waals surface area contributed by atoms with Gasteiger partial charge in [0.1, 0.15) is 6.04 Å². The van der Waals surface area contributed by atoms with Crippen molar-refractivity contribution in [3.63, 3.8) is 0 Å². The van der Waals surface area contributed by atoms with E-state index < -0.39 is 12.0 Å². The summed E-state index contributed by atoms with van der Waals surface area (Å²) in [6, 6.07) is -0.741. The van der Waals surface area contributed by atoms with Gasteiger partial charge in [-0.15, -0.1) is 0 Å². The lowest BCUT2D eigenvalue weighted by Crippen LogP contribution is -2.41. The Balaban J connectivity index is 2.31. The summed E-state index contributed by atoms with van der Waals surface area (Å²) in [5, 5.41) is 14.6. The van der Waals surface area contributed by atoms with Crippen LogP contribution in [0.1, 0.15) is 32.6 Å². The zero-order valence-electron chi connectivity index (χ0n) is 9.66. The minimum absolute atomic E-state index is 0.138. The molecule has 1 saturated heterocycles. The number of carbonyl (C=O) groups excluding carboxylic acids is 1. The van der Waals surface area contributed by atoms with Gasteiger partial charge in [-0.25, -0.2) is 4.79 Å². The highest BCUT2D eigenvalue weighted by atomic mass is 16.4. The molecule has 0 radical (unpaired) electrons. The highest BCUT2D eigenvalue weighted by Gasteiger charge is 2.21. The second-order valence-electron chi connectivity index (χ2n) is 4.26. The summed E-state index contributed by atoms with van der Waals surface area (Å²) in [4.78, 5) is 22.3. The van der Waals surface area contributed by atoms with Crippen LogP contribution >= 0.6 is 0 Å². The third-order valence-corrected chi connectivity index (χ3v) is 2.97. The maximum Gasteiger partial charge on any atom is 0.326 e. The van der Waals surface area contributed by atoms with Gasteiger partial charge in [0.25, 0.3) is 0 Å². The highest BCUT2D eigenvalue weighted by molar-refractivity contribution is 5.83. The molecule has 0 spiro atoms. The minimum Gasteiger partial charge on any atom is -0.480 e. The first-order valence-electron chi connectivity index (χ1n) is 5.86.